The Morgan fingerprint density at radius 3 is 1.67 bits per heavy atom. The van der Waals surface area contributed by atoms with Crippen LogP contribution in [0.25, 0.3) is 0 Å². The fourth-order valence-electron chi connectivity index (χ4n) is 2.02. The van der Waals surface area contributed by atoms with E-state index in [0.717, 1.165) is 10.5 Å². The van der Waals surface area contributed by atoms with Gasteiger partial charge in [-0.05, 0) is 12.8 Å². The molecule has 4 atom stereocenters. The fraction of sp³-hybridized carbons (Fsp3) is 1.00. The molecule has 2 saturated heterocycles. The van der Waals surface area contributed by atoms with Crippen molar-refractivity contribution in [3.8, 4) is 0 Å². The van der Waals surface area contributed by atoms with E-state index in [9.17, 15) is 0 Å². The van der Waals surface area contributed by atoms with Crippen LogP contribution in [-0.4, -0.2) is 34.2 Å². The summed E-state index contributed by atoms with van der Waals surface area (Å²) in [6.07, 6.45) is 6.15. The average molecular weight is 246 g/mol. The Labute approximate surface area is 102 Å². The molecule has 0 bridgehead atoms. The minimum Gasteiger partial charge on any atom is -0.373 e. The van der Waals surface area contributed by atoms with Crippen LogP contribution in [0, 0.1) is 0 Å². The summed E-state index contributed by atoms with van der Waals surface area (Å²) in [6.45, 7) is 4.54. The molecule has 0 aliphatic carbocycles. The predicted octanol–water partition coefficient (Wildman–Crippen LogP) is 3.57. The Kier molecular flexibility index (Phi) is 4.71. The van der Waals surface area contributed by atoms with Crippen LogP contribution >= 0.6 is 23.5 Å². The van der Waals surface area contributed by atoms with Gasteiger partial charge in [-0.25, -0.2) is 0 Å². The molecule has 0 N–H and O–H groups in total. The molecule has 1 nitrogen and oxygen atoms in total. The lowest BCUT2D eigenvalue weighted by molar-refractivity contribution is -0.0109. The lowest BCUT2D eigenvalue weighted by Gasteiger charge is -2.23. The third-order valence-corrected chi connectivity index (χ3v) is 5.09. The first kappa shape index (κ1) is 12.1. The van der Waals surface area contributed by atoms with Gasteiger partial charge in [0.15, 0.2) is 0 Å². The summed E-state index contributed by atoms with van der Waals surface area (Å²) in [6, 6.07) is 0. The first-order valence-corrected chi connectivity index (χ1v) is 8.33. The Bertz CT molecular complexity index is 170. The van der Waals surface area contributed by atoms with Gasteiger partial charge in [0.2, 0.25) is 0 Å². The molecule has 4 unspecified atom stereocenters. The van der Waals surface area contributed by atoms with Gasteiger partial charge in [-0.2, -0.15) is 23.5 Å². The molecule has 2 aliphatic rings. The molecular weight excluding hydrogens is 224 g/mol. The molecule has 0 saturated carbocycles. The topological polar surface area (TPSA) is 9.23 Å². The van der Waals surface area contributed by atoms with E-state index < -0.39 is 0 Å². The SMILES string of the molecule is CCCC(OC(CCC)C1CS1)C1CS1. The Morgan fingerprint density at radius 2 is 1.40 bits per heavy atom. The first-order valence-electron chi connectivity index (χ1n) is 6.23. The maximum absolute atomic E-state index is 6.34. The third-order valence-electron chi connectivity index (χ3n) is 3.04. The van der Waals surface area contributed by atoms with Gasteiger partial charge in [0.25, 0.3) is 0 Å². The smallest absolute Gasteiger partial charge is 0.0705 e. The highest BCUT2D eigenvalue weighted by atomic mass is 32.2. The quantitative estimate of drug-likeness (QED) is 0.606. The number of hydrogen-bond acceptors (Lipinski definition) is 3. The van der Waals surface area contributed by atoms with Crippen molar-refractivity contribution < 1.29 is 4.74 Å². The second-order valence-electron chi connectivity index (χ2n) is 4.53. The highest BCUT2D eigenvalue weighted by Crippen LogP contribution is 2.41. The Morgan fingerprint density at radius 1 is 1.00 bits per heavy atom. The number of ether oxygens (including phenoxy) is 1. The van der Waals surface area contributed by atoms with Crippen molar-refractivity contribution in [3.63, 3.8) is 0 Å². The van der Waals surface area contributed by atoms with Crippen molar-refractivity contribution in [1.29, 1.82) is 0 Å². The molecule has 2 rings (SSSR count). The molecule has 2 fully saturated rings. The van der Waals surface area contributed by atoms with Crippen LogP contribution in [0.5, 0.6) is 0 Å². The minimum absolute atomic E-state index is 0.553. The van der Waals surface area contributed by atoms with E-state index >= 15 is 0 Å². The van der Waals surface area contributed by atoms with Gasteiger partial charge in [-0.3, -0.25) is 0 Å². The molecule has 0 aromatic heterocycles. The van der Waals surface area contributed by atoms with Gasteiger partial charge in [0.05, 0.1) is 12.2 Å². The van der Waals surface area contributed by atoms with Gasteiger partial charge in [0.1, 0.15) is 0 Å². The molecule has 2 heterocycles. The monoisotopic (exact) mass is 246 g/mol. The summed E-state index contributed by atoms with van der Waals surface area (Å²) in [4.78, 5) is 0. The minimum atomic E-state index is 0.553. The number of hydrogen-bond donors (Lipinski definition) is 0. The molecule has 0 aromatic carbocycles. The zero-order valence-electron chi connectivity index (χ0n) is 9.78. The van der Waals surface area contributed by atoms with Gasteiger partial charge < -0.3 is 4.74 Å². The molecule has 15 heavy (non-hydrogen) atoms. The second-order valence-corrected chi connectivity index (χ2v) is 7.08. The normalized spacial score (nSPS) is 32.4. The Balaban J connectivity index is 1.78. The number of rotatable bonds is 8. The highest BCUT2D eigenvalue weighted by molar-refractivity contribution is 8.07. The molecule has 0 radical (unpaired) electrons. The van der Waals surface area contributed by atoms with Crippen LogP contribution in [0.1, 0.15) is 39.5 Å². The van der Waals surface area contributed by atoms with E-state index in [0.29, 0.717) is 12.2 Å². The van der Waals surface area contributed by atoms with Crippen molar-refractivity contribution in [2.75, 3.05) is 11.5 Å². The summed E-state index contributed by atoms with van der Waals surface area (Å²) in [7, 11) is 0. The van der Waals surface area contributed by atoms with Crippen LogP contribution in [0.3, 0.4) is 0 Å². The summed E-state index contributed by atoms with van der Waals surface area (Å²) in [5, 5.41) is 1.65. The zero-order valence-corrected chi connectivity index (χ0v) is 11.4. The fourth-order valence-corrected chi connectivity index (χ4v) is 3.50. The molecule has 88 valence electrons. The predicted molar refractivity (Wildman–Crippen MR) is 71.0 cm³/mol. The highest BCUT2D eigenvalue weighted by Gasteiger charge is 2.38. The van der Waals surface area contributed by atoms with Crippen molar-refractivity contribution >= 4 is 23.5 Å². The largest absolute Gasteiger partial charge is 0.373 e. The third kappa shape index (κ3) is 3.86. The van der Waals surface area contributed by atoms with Gasteiger partial charge >= 0.3 is 0 Å². The molecule has 0 aromatic rings. The van der Waals surface area contributed by atoms with Crippen LogP contribution < -0.4 is 0 Å². The summed E-state index contributed by atoms with van der Waals surface area (Å²) in [5.41, 5.74) is 0. The second kappa shape index (κ2) is 5.83. The van der Waals surface area contributed by atoms with E-state index in [2.05, 4.69) is 37.4 Å². The van der Waals surface area contributed by atoms with E-state index in [4.69, 9.17) is 4.74 Å². The van der Waals surface area contributed by atoms with E-state index in [-0.39, 0.29) is 0 Å². The molecular formula is C12H22OS2. The van der Waals surface area contributed by atoms with Crippen molar-refractivity contribution in [2.45, 2.75) is 62.2 Å². The van der Waals surface area contributed by atoms with Crippen molar-refractivity contribution in [1.82, 2.24) is 0 Å². The summed E-state index contributed by atoms with van der Waals surface area (Å²) >= 11 is 4.15. The lowest BCUT2D eigenvalue weighted by atomic mass is 10.1. The molecule has 0 spiro atoms. The lowest BCUT2D eigenvalue weighted by Crippen LogP contribution is -2.29. The maximum Gasteiger partial charge on any atom is 0.0705 e. The molecule has 2 aliphatic heterocycles. The van der Waals surface area contributed by atoms with Crippen LogP contribution in [0.2, 0.25) is 0 Å². The van der Waals surface area contributed by atoms with Crippen molar-refractivity contribution in [3.05, 3.63) is 0 Å². The summed E-state index contributed by atoms with van der Waals surface area (Å²) < 4.78 is 6.34. The van der Waals surface area contributed by atoms with Gasteiger partial charge in [-0.1, -0.05) is 26.7 Å². The zero-order chi connectivity index (χ0) is 10.7. The van der Waals surface area contributed by atoms with Gasteiger partial charge in [0, 0.05) is 22.0 Å². The van der Waals surface area contributed by atoms with Crippen LogP contribution in [0.4, 0.5) is 0 Å². The number of thioether (sulfide) groups is 2. The standard InChI is InChI=1S/C12H22OS2/c1-3-5-9(11-7-14-11)13-10(6-4-2)12-8-15-12/h9-12H,3-8H2,1-2H3. The first-order chi connectivity index (χ1) is 7.35. The van der Waals surface area contributed by atoms with E-state index in [1.54, 1.807) is 0 Å². The van der Waals surface area contributed by atoms with Crippen LogP contribution in [-0.2, 0) is 4.74 Å². The van der Waals surface area contributed by atoms with Gasteiger partial charge in [-0.15, -0.1) is 0 Å². The molecule has 0 amide bonds. The average Bonchev–Trinajstić information content (AvgIpc) is 3.05. The maximum atomic E-state index is 6.34. The Hall–Kier alpha value is 0.660. The van der Waals surface area contributed by atoms with Crippen LogP contribution in [0.15, 0.2) is 0 Å². The summed E-state index contributed by atoms with van der Waals surface area (Å²) in [5.74, 6) is 2.67. The van der Waals surface area contributed by atoms with E-state index in [1.807, 2.05) is 0 Å². The van der Waals surface area contributed by atoms with Crippen molar-refractivity contribution in [2.24, 2.45) is 0 Å². The molecule has 3 heteroatoms. The van der Waals surface area contributed by atoms with E-state index in [1.165, 1.54) is 37.2 Å².